The summed E-state index contributed by atoms with van der Waals surface area (Å²) in [5, 5.41) is 3.44. The molecule has 2 rings (SSSR count). The number of methoxy groups -OCH3 is 1. The summed E-state index contributed by atoms with van der Waals surface area (Å²) in [6.45, 7) is 4.75. The highest BCUT2D eigenvalue weighted by molar-refractivity contribution is 5.40. The fraction of sp³-hybridized carbons (Fsp3) is 0.571. The summed E-state index contributed by atoms with van der Waals surface area (Å²) in [5.74, 6) is 0.993. The summed E-state index contributed by atoms with van der Waals surface area (Å²) in [5.41, 5.74) is 2.40. The maximum atomic E-state index is 5.58. The Labute approximate surface area is 103 Å². The van der Waals surface area contributed by atoms with Gasteiger partial charge >= 0.3 is 0 Å². The van der Waals surface area contributed by atoms with Crippen molar-refractivity contribution >= 4 is 0 Å². The van der Waals surface area contributed by atoms with E-state index in [1.807, 2.05) is 0 Å². The predicted molar refractivity (Wildman–Crippen MR) is 68.4 cm³/mol. The van der Waals surface area contributed by atoms with E-state index in [2.05, 4.69) is 30.4 Å². The fourth-order valence-corrected chi connectivity index (χ4v) is 2.32. The lowest BCUT2D eigenvalue weighted by Gasteiger charge is -2.14. The number of aryl methyl sites for hydroxylation is 1. The molecule has 1 atom stereocenters. The van der Waals surface area contributed by atoms with Gasteiger partial charge in [-0.15, -0.1) is 0 Å². The van der Waals surface area contributed by atoms with E-state index in [4.69, 9.17) is 9.47 Å². The molecule has 0 spiro atoms. The van der Waals surface area contributed by atoms with E-state index in [0.717, 1.165) is 25.4 Å². The molecule has 1 aromatic rings. The number of rotatable bonds is 5. The van der Waals surface area contributed by atoms with Crippen molar-refractivity contribution in [3.63, 3.8) is 0 Å². The second-order valence-electron chi connectivity index (χ2n) is 4.53. The molecule has 1 aliphatic rings. The minimum absolute atomic E-state index is 0.394. The molecule has 0 aromatic heterocycles. The number of hydrogen-bond acceptors (Lipinski definition) is 3. The van der Waals surface area contributed by atoms with E-state index in [-0.39, 0.29) is 0 Å². The first-order chi connectivity index (χ1) is 8.31. The Kier molecular flexibility index (Phi) is 4.40. The molecule has 0 bridgehead atoms. The molecule has 17 heavy (non-hydrogen) atoms. The Morgan fingerprint density at radius 1 is 1.47 bits per heavy atom. The van der Waals surface area contributed by atoms with Crippen LogP contribution < -0.4 is 10.1 Å². The first-order valence-corrected chi connectivity index (χ1v) is 6.26. The predicted octanol–water partition coefficient (Wildman–Crippen LogP) is 2.27. The zero-order valence-electron chi connectivity index (χ0n) is 10.7. The highest BCUT2D eigenvalue weighted by Crippen LogP contribution is 2.22. The SMILES string of the molecule is COc1c(C)cccc1CNC[C@H]1CCCO1. The summed E-state index contributed by atoms with van der Waals surface area (Å²) in [6, 6.07) is 6.25. The molecule has 1 aliphatic heterocycles. The van der Waals surface area contributed by atoms with Crippen molar-refractivity contribution in [2.75, 3.05) is 20.3 Å². The van der Waals surface area contributed by atoms with E-state index in [1.54, 1.807) is 7.11 Å². The second kappa shape index (κ2) is 6.03. The van der Waals surface area contributed by atoms with Crippen LogP contribution >= 0.6 is 0 Å². The van der Waals surface area contributed by atoms with Crippen LogP contribution in [0.15, 0.2) is 18.2 Å². The average molecular weight is 235 g/mol. The Morgan fingerprint density at radius 3 is 3.06 bits per heavy atom. The first-order valence-electron chi connectivity index (χ1n) is 6.26. The van der Waals surface area contributed by atoms with E-state index in [9.17, 15) is 0 Å². The highest BCUT2D eigenvalue weighted by atomic mass is 16.5. The summed E-state index contributed by atoms with van der Waals surface area (Å²) in [6.07, 6.45) is 2.77. The van der Waals surface area contributed by atoms with E-state index < -0.39 is 0 Å². The molecule has 0 amide bonds. The van der Waals surface area contributed by atoms with Gasteiger partial charge in [0, 0.05) is 25.3 Å². The number of hydrogen-bond donors (Lipinski definition) is 1. The lowest BCUT2D eigenvalue weighted by atomic mass is 10.1. The summed E-state index contributed by atoms with van der Waals surface area (Å²) < 4.78 is 11.0. The van der Waals surface area contributed by atoms with Crippen LogP contribution in [-0.4, -0.2) is 26.4 Å². The van der Waals surface area contributed by atoms with Gasteiger partial charge in [0.25, 0.3) is 0 Å². The van der Waals surface area contributed by atoms with Crippen molar-refractivity contribution in [2.24, 2.45) is 0 Å². The summed E-state index contributed by atoms with van der Waals surface area (Å²) in [4.78, 5) is 0. The molecule has 1 fully saturated rings. The van der Waals surface area contributed by atoms with Gasteiger partial charge in [0.15, 0.2) is 0 Å². The molecule has 3 heteroatoms. The van der Waals surface area contributed by atoms with Crippen molar-refractivity contribution in [1.82, 2.24) is 5.32 Å². The highest BCUT2D eigenvalue weighted by Gasteiger charge is 2.14. The van der Waals surface area contributed by atoms with Gasteiger partial charge in [0.1, 0.15) is 5.75 Å². The molecule has 94 valence electrons. The maximum absolute atomic E-state index is 5.58. The number of nitrogens with one attached hydrogen (secondary N) is 1. The molecule has 0 aliphatic carbocycles. The van der Waals surface area contributed by atoms with Gasteiger partial charge in [-0.2, -0.15) is 0 Å². The Morgan fingerprint density at radius 2 is 2.35 bits per heavy atom. The summed E-state index contributed by atoms with van der Waals surface area (Å²) in [7, 11) is 1.73. The third-order valence-corrected chi connectivity index (χ3v) is 3.21. The van der Waals surface area contributed by atoms with Crippen LogP contribution in [0.4, 0.5) is 0 Å². The van der Waals surface area contributed by atoms with E-state index >= 15 is 0 Å². The van der Waals surface area contributed by atoms with E-state index in [0.29, 0.717) is 6.10 Å². The Hall–Kier alpha value is -1.06. The number of ether oxygens (including phenoxy) is 2. The van der Waals surface area contributed by atoms with Crippen LogP contribution in [-0.2, 0) is 11.3 Å². The van der Waals surface area contributed by atoms with E-state index in [1.165, 1.54) is 24.0 Å². The van der Waals surface area contributed by atoms with Crippen molar-refractivity contribution in [3.05, 3.63) is 29.3 Å². The van der Waals surface area contributed by atoms with Crippen molar-refractivity contribution in [1.29, 1.82) is 0 Å². The van der Waals surface area contributed by atoms with Crippen molar-refractivity contribution in [2.45, 2.75) is 32.4 Å². The molecule has 3 nitrogen and oxygen atoms in total. The fourth-order valence-electron chi connectivity index (χ4n) is 2.32. The summed E-state index contributed by atoms with van der Waals surface area (Å²) >= 11 is 0. The molecule has 1 aromatic carbocycles. The van der Waals surface area contributed by atoms with Crippen LogP contribution in [0.1, 0.15) is 24.0 Å². The van der Waals surface area contributed by atoms with Crippen LogP contribution in [0.5, 0.6) is 5.75 Å². The Balaban J connectivity index is 1.87. The molecular weight excluding hydrogens is 214 g/mol. The van der Waals surface area contributed by atoms with Gasteiger partial charge in [0.05, 0.1) is 13.2 Å². The molecule has 1 heterocycles. The topological polar surface area (TPSA) is 30.5 Å². The monoisotopic (exact) mass is 235 g/mol. The molecule has 0 saturated carbocycles. The van der Waals surface area contributed by atoms with Crippen LogP contribution in [0, 0.1) is 6.92 Å². The van der Waals surface area contributed by atoms with Crippen LogP contribution in [0.3, 0.4) is 0 Å². The zero-order valence-corrected chi connectivity index (χ0v) is 10.7. The quantitative estimate of drug-likeness (QED) is 0.849. The van der Waals surface area contributed by atoms with Gasteiger partial charge in [-0.25, -0.2) is 0 Å². The smallest absolute Gasteiger partial charge is 0.126 e. The average Bonchev–Trinajstić information content (AvgIpc) is 2.82. The normalized spacial score (nSPS) is 19.5. The third kappa shape index (κ3) is 3.20. The minimum atomic E-state index is 0.394. The Bertz CT molecular complexity index is 359. The first kappa shape index (κ1) is 12.4. The zero-order chi connectivity index (χ0) is 12.1. The molecule has 0 radical (unpaired) electrons. The number of benzene rings is 1. The van der Waals surface area contributed by atoms with Gasteiger partial charge in [-0.05, 0) is 25.3 Å². The van der Waals surface area contributed by atoms with Gasteiger partial charge in [-0.1, -0.05) is 18.2 Å². The lowest BCUT2D eigenvalue weighted by Crippen LogP contribution is -2.26. The molecule has 1 N–H and O–H groups in total. The van der Waals surface area contributed by atoms with Gasteiger partial charge in [-0.3, -0.25) is 0 Å². The largest absolute Gasteiger partial charge is 0.496 e. The second-order valence-corrected chi connectivity index (χ2v) is 4.53. The molecule has 0 unspecified atom stereocenters. The minimum Gasteiger partial charge on any atom is -0.496 e. The molecular formula is C14H21NO2. The van der Waals surface area contributed by atoms with Crippen molar-refractivity contribution in [3.8, 4) is 5.75 Å². The molecule has 1 saturated heterocycles. The number of para-hydroxylation sites is 1. The van der Waals surface area contributed by atoms with Crippen LogP contribution in [0.2, 0.25) is 0 Å². The standard InChI is InChI=1S/C14H21NO2/c1-11-5-3-6-12(14(11)16-2)9-15-10-13-7-4-8-17-13/h3,5-6,13,15H,4,7-10H2,1-2H3/t13-/m1/s1. The van der Waals surface area contributed by atoms with Crippen LogP contribution in [0.25, 0.3) is 0 Å². The van der Waals surface area contributed by atoms with Gasteiger partial charge in [0.2, 0.25) is 0 Å². The van der Waals surface area contributed by atoms with Crippen molar-refractivity contribution < 1.29 is 9.47 Å². The van der Waals surface area contributed by atoms with Gasteiger partial charge < -0.3 is 14.8 Å². The lowest BCUT2D eigenvalue weighted by molar-refractivity contribution is 0.110. The third-order valence-electron chi connectivity index (χ3n) is 3.21. The maximum Gasteiger partial charge on any atom is 0.126 e.